The number of benzene rings is 1. The molecule has 1 aromatic carbocycles. The summed E-state index contributed by atoms with van der Waals surface area (Å²) in [6, 6.07) is 6.82. The molecule has 0 aromatic heterocycles. The van der Waals surface area contributed by atoms with E-state index in [0.29, 0.717) is 17.8 Å². The topological polar surface area (TPSA) is 35.5 Å². The van der Waals surface area contributed by atoms with Crippen LogP contribution in [0.2, 0.25) is 0 Å². The van der Waals surface area contributed by atoms with Crippen LogP contribution in [0.15, 0.2) is 53.6 Å². The third kappa shape index (κ3) is 2.99. The van der Waals surface area contributed by atoms with E-state index in [1.54, 1.807) is 6.92 Å². The molecule has 2 saturated carbocycles. The Kier molecular flexibility index (Phi) is 4.85. The number of Topliss-reactive ketones (excluding diaryl/α,β-unsaturated/α-hetero) is 1. The van der Waals surface area contributed by atoms with Gasteiger partial charge in [0.1, 0.15) is 5.82 Å². The molecule has 0 spiro atoms. The number of hydrogen-bond acceptors (Lipinski definition) is 3. The first kappa shape index (κ1) is 23.4. The Labute approximate surface area is 208 Å². The Morgan fingerprint density at radius 3 is 2.49 bits per heavy atom. The van der Waals surface area contributed by atoms with Crippen LogP contribution in [0.4, 0.5) is 4.39 Å². The van der Waals surface area contributed by atoms with Crippen molar-refractivity contribution in [3.05, 3.63) is 65.0 Å². The molecule has 0 N–H and O–H groups in total. The number of halogens is 1. The number of rotatable bonds is 2. The lowest BCUT2D eigenvalue weighted by Crippen LogP contribution is -2.59. The van der Waals surface area contributed by atoms with Crippen LogP contribution >= 0.6 is 0 Å². The second-order valence-corrected chi connectivity index (χ2v) is 12.6. The molecule has 0 unspecified atom stereocenters. The Balaban J connectivity index is 1.39. The standard InChI is InChI=1S/C31H37FO3/c1-18-15-23-24(29(5)13-11-21(16-25(18)29)20-7-9-22(32)10-8-20)12-14-30(6)26(23)17-27-31(30,19(2)33)35-28(3,4)34-27/h7-11,15-16,23-24,26-27H,12-14,17H2,1-6H3/t23-,24+,26+,27+,29-,30+,31-/m1/s1. The van der Waals surface area contributed by atoms with E-state index in [1.165, 1.54) is 28.9 Å². The molecule has 35 heavy (non-hydrogen) atoms. The molecule has 1 heterocycles. The van der Waals surface area contributed by atoms with Crippen molar-refractivity contribution in [1.29, 1.82) is 0 Å². The molecule has 0 amide bonds. The highest BCUT2D eigenvalue weighted by Gasteiger charge is 2.74. The molecule has 1 aliphatic heterocycles. The number of fused-ring (bicyclic) bond motifs is 7. The van der Waals surface area contributed by atoms with Gasteiger partial charge in [-0.25, -0.2) is 4.39 Å². The number of ether oxygens (including phenoxy) is 2. The first-order valence-corrected chi connectivity index (χ1v) is 13.2. The molecule has 4 aliphatic carbocycles. The van der Waals surface area contributed by atoms with Gasteiger partial charge in [0.25, 0.3) is 0 Å². The van der Waals surface area contributed by atoms with Crippen molar-refractivity contribution in [3.63, 3.8) is 0 Å². The van der Waals surface area contributed by atoms with Crippen molar-refractivity contribution in [2.75, 3.05) is 0 Å². The number of ketones is 1. The van der Waals surface area contributed by atoms with Crippen molar-refractivity contribution in [2.24, 2.45) is 28.6 Å². The lowest BCUT2D eigenvalue weighted by atomic mass is 9.47. The van der Waals surface area contributed by atoms with Crippen LogP contribution in [0.5, 0.6) is 0 Å². The summed E-state index contributed by atoms with van der Waals surface area (Å²) in [6.07, 6.45) is 10.9. The number of allylic oxidation sites excluding steroid dienone is 6. The predicted molar refractivity (Wildman–Crippen MR) is 135 cm³/mol. The summed E-state index contributed by atoms with van der Waals surface area (Å²) in [5, 5.41) is 0. The van der Waals surface area contributed by atoms with Gasteiger partial charge in [-0.15, -0.1) is 0 Å². The van der Waals surface area contributed by atoms with Gasteiger partial charge in [-0.05, 0) is 105 Å². The average molecular weight is 477 g/mol. The van der Waals surface area contributed by atoms with E-state index in [1.807, 2.05) is 26.0 Å². The molecule has 186 valence electrons. The zero-order valence-electron chi connectivity index (χ0n) is 21.8. The molecule has 1 saturated heterocycles. The lowest BCUT2D eigenvalue weighted by Gasteiger charge is -2.58. The molecular weight excluding hydrogens is 439 g/mol. The van der Waals surface area contributed by atoms with Crippen LogP contribution in [-0.2, 0) is 14.3 Å². The van der Waals surface area contributed by atoms with Gasteiger partial charge >= 0.3 is 0 Å². The number of carbonyl (C=O) groups excluding carboxylic acids is 1. The van der Waals surface area contributed by atoms with Gasteiger partial charge in [0.05, 0.1) is 6.10 Å². The Morgan fingerprint density at radius 1 is 1.09 bits per heavy atom. The minimum atomic E-state index is -0.854. The van der Waals surface area contributed by atoms with Crippen LogP contribution < -0.4 is 0 Å². The summed E-state index contributed by atoms with van der Waals surface area (Å²) in [4.78, 5) is 13.2. The van der Waals surface area contributed by atoms with E-state index >= 15 is 0 Å². The normalized spacial score (nSPS) is 43.2. The van der Waals surface area contributed by atoms with Crippen molar-refractivity contribution in [2.45, 2.75) is 84.7 Å². The Bertz CT molecular complexity index is 1190. The van der Waals surface area contributed by atoms with Crippen LogP contribution in [0.1, 0.15) is 72.8 Å². The van der Waals surface area contributed by atoms with Crippen molar-refractivity contribution >= 4 is 11.4 Å². The highest BCUT2D eigenvalue weighted by atomic mass is 19.1. The summed E-state index contributed by atoms with van der Waals surface area (Å²) >= 11 is 0. The summed E-state index contributed by atoms with van der Waals surface area (Å²) in [6.45, 7) is 12.5. The maximum atomic E-state index is 13.5. The Morgan fingerprint density at radius 2 is 1.80 bits per heavy atom. The molecule has 1 aromatic rings. The van der Waals surface area contributed by atoms with Gasteiger partial charge in [0.2, 0.25) is 0 Å². The third-order valence-electron chi connectivity index (χ3n) is 10.4. The van der Waals surface area contributed by atoms with Crippen LogP contribution in [0.25, 0.3) is 5.57 Å². The molecule has 6 rings (SSSR count). The molecule has 5 aliphatic rings. The largest absolute Gasteiger partial charge is 0.344 e. The van der Waals surface area contributed by atoms with E-state index in [2.05, 4.69) is 39.0 Å². The van der Waals surface area contributed by atoms with Gasteiger partial charge in [0, 0.05) is 5.41 Å². The maximum absolute atomic E-state index is 13.5. The van der Waals surface area contributed by atoms with E-state index in [4.69, 9.17) is 9.47 Å². The van der Waals surface area contributed by atoms with E-state index in [9.17, 15) is 9.18 Å². The van der Waals surface area contributed by atoms with Gasteiger partial charge in [-0.1, -0.05) is 49.8 Å². The van der Waals surface area contributed by atoms with E-state index < -0.39 is 11.4 Å². The van der Waals surface area contributed by atoms with Crippen LogP contribution in [0.3, 0.4) is 0 Å². The molecule has 0 bridgehead atoms. The van der Waals surface area contributed by atoms with E-state index in [0.717, 1.165) is 31.2 Å². The number of hydrogen-bond donors (Lipinski definition) is 0. The van der Waals surface area contributed by atoms with Crippen molar-refractivity contribution in [1.82, 2.24) is 0 Å². The smallest absolute Gasteiger partial charge is 0.164 e. The summed E-state index contributed by atoms with van der Waals surface area (Å²) in [5.41, 5.74) is 3.95. The monoisotopic (exact) mass is 476 g/mol. The molecule has 3 nitrogen and oxygen atoms in total. The van der Waals surface area contributed by atoms with Crippen molar-refractivity contribution < 1.29 is 18.7 Å². The van der Waals surface area contributed by atoms with Crippen LogP contribution in [0, 0.1) is 34.4 Å². The summed E-state index contributed by atoms with van der Waals surface area (Å²) in [7, 11) is 0. The molecule has 3 fully saturated rings. The van der Waals surface area contributed by atoms with Gasteiger partial charge in [-0.3, -0.25) is 4.79 Å². The first-order chi connectivity index (χ1) is 16.4. The fourth-order valence-electron chi connectivity index (χ4n) is 8.87. The lowest BCUT2D eigenvalue weighted by molar-refractivity contribution is -0.210. The first-order valence-electron chi connectivity index (χ1n) is 13.2. The molecule has 0 radical (unpaired) electrons. The molecule has 4 heteroatoms. The molecular formula is C31H37FO3. The fourth-order valence-corrected chi connectivity index (χ4v) is 8.87. The second-order valence-electron chi connectivity index (χ2n) is 12.6. The minimum absolute atomic E-state index is 0.0520. The minimum Gasteiger partial charge on any atom is -0.344 e. The zero-order valence-corrected chi connectivity index (χ0v) is 21.8. The van der Waals surface area contributed by atoms with E-state index in [-0.39, 0.29) is 28.5 Å². The summed E-state index contributed by atoms with van der Waals surface area (Å²) < 4.78 is 26.4. The number of carbonyl (C=O) groups is 1. The summed E-state index contributed by atoms with van der Waals surface area (Å²) in [5.74, 6) is 0.440. The second kappa shape index (κ2) is 7.26. The highest BCUT2D eigenvalue weighted by Crippen LogP contribution is 2.70. The van der Waals surface area contributed by atoms with Gasteiger partial charge in [-0.2, -0.15) is 0 Å². The SMILES string of the molecule is CC(=O)[C@@]12OC(C)(C)O[C@H]1C[C@H]1[C@@H]3C=C(C)C4=CC(c5ccc(F)cc5)=CC[C@]4(C)[C@H]3CC[C@@]12C. The predicted octanol–water partition coefficient (Wildman–Crippen LogP) is 7.04. The highest BCUT2D eigenvalue weighted by molar-refractivity contribution is 5.88. The van der Waals surface area contributed by atoms with Crippen molar-refractivity contribution in [3.8, 4) is 0 Å². The maximum Gasteiger partial charge on any atom is 0.164 e. The third-order valence-corrected chi connectivity index (χ3v) is 10.4. The average Bonchev–Trinajstić information content (AvgIpc) is 3.21. The zero-order chi connectivity index (χ0) is 25.0. The molecule has 7 atom stereocenters. The quantitative estimate of drug-likeness (QED) is 0.459. The Hall–Kier alpha value is -2.04. The van der Waals surface area contributed by atoms with Gasteiger partial charge in [0.15, 0.2) is 17.2 Å². The van der Waals surface area contributed by atoms with Crippen LogP contribution in [-0.4, -0.2) is 23.3 Å². The van der Waals surface area contributed by atoms with Gasteiger partial charge < -0.3 is 9.47 Å². The fraction of sp³-hybridized carbons (Fsp3) is 0.581.